The highest BCUT2D eigenvalue weighted by Crippen LogP contribution is 2.59. The van der Waals surface area contributed by atoms with E-state index in [4.69, 9.17) is 0 Å². The third kappa shape index (κ3) is 3.83. The van der Waals surface area contributed by atoms with Crippen molar-refractivity contribution in [2.45, 2.75) is 58.3 Å². The Morgan fingerprint density at radius 1 is 1.33 bits per heavy atom. The number of allylic oxidation sites excluding steroid dienone is 1. The molecular weight excluding hydrogens is 300 g/mol. The van der Waals surface area contributed by atoms with Gasteiger partial charge in [-0.15, -0.1) is 0 Å². The molecule has 24 heavy (non-hydrogen) atoms. The predicted octanol–water partition coefficient (Wildman–Crippen LogP) is 2.65. The normalized spacial score (nSPS) is 24.6. The van der Waals surface area contributed by atoms with Gasteiger partial charge in [0.05, 0.1) is 0 Å². The zero-order chi connectivity index (χ0) is 17.0. The van der Waals surface area contributed by atoms with Crippen LogP contribution in [-0.2, 0) is 9.59 Å². The number of nitrogens with zero attached hydrogens (tertiary/aromatic N) is 1. The Balaban J connectivity index is 1.40. The minimum atomic E-state index is -0.0743. The minimum absolute atomic E-state index is 0.0743. The number of nitrogens with one attached hydrogen (secondary N) is 1. The quantitative estimate of drug-likeness (QED) is 0.637. The first kappa shape index (κ1) is 17.1. The molecule has 1 atom stereocenters. The standard InChI is InChI=1S/C20H28N2O2/c1-2-6-18(23)22-13-10-20(11-14-22)15-17(20)19(24)21-12-9-16-7-4-3-5-8-16/h7,17H,3-5,8-15H2,1H3,(H,21,24)/t17-/m1/s1. The zero-order valence-electron chi connectivity index (χ0n) is 14.7. The number of likely N-dealkylation sites (tertiary alicyclic amines) is 1. The Bertz CT molecular complexity index is 588. The Morgan fingerprint density at radius 2 is 2.12 bits per heavy atom. The van der Waals surface area contributed by atoms with Crippen LogP contribution in [0.2, 0.25) is 0 Å². The van der Waals surface area contributed by atoms with Crippen molar-refractivity contribution < 1.29 is 9.59 Å². The fourth-order valence-corrected chi connectivity index (χ4v) is 4.21. The average molecular weight is 328 g/mol. The third-order valence-electron chi connectivity index (χ3n) is 5.91. The lowest BCUT2D eigenvalue weighted by molar-refractivity contribution is -0.127. The Morgan fingerprint density at radius 3 is 2.79 bits per heavy atom. The molecule has 0 unspecified atom stereocenters. The first-order valence-electron chi connectivity index (χ1n) is 9.32. The van der Waals surface area contributed by atoms with E-state index < -0.39 is 0 Å². The van der Waals surface area contributed by atoms with Crippen molar-refractivity contribution >= 4 is 11.8 Å². The summed E-state index contributed by atoms with van der Waals surface area (Å²) in [4.78, 5) is 26.0. The summed E-state index contributed by atoms with van der Waals surface area (Å²) in [5.74, 6) is 5.58. The van der Waals surface area contributed by atoms with Crippen molar-refractivity contribution in [3.63, 3.8) is 0 Å². The van der Waals surface area contributed by atoms with Crippen molar-refractivity contribution in [3.8, 4) is 11.8 Å². The molecule has 4 nitrogen and oxygen atoms in total. The van der Waals surface area contributed by atoms with Crippen molar-refractivity contribution in [2.24, 2.45) is 11.3 Å². The number of rotatable bonds is 4. The topological polar surface area (TPSA) is 49.4 Å². The largest absolute Gasteiger partial charge is 0.356 e. The fourth-order valence-electron chi connectivity index (χ4n) is 4.21. The molecular formula is C20H28N2O2. The van der Waals surface area contributed by atoms with Crippen LogP contribution in [0.5, 0.6) is 0 Å². The van der Waals surface area contributed by atoms with Crippen LogP contribution in [-0.4, -0.2) is 36.3 Å². The summed E-state index contributed by atoms with van der Waals surface area (Å²) < 4.78 is 0. The maximum atomic E-state index is 12.4. The molecule has 130 valence electrons. The lowest BCUT2D eigenvalue weighted by Crippen LogP contribution is -2.40. The molecule has 0 aromatic carbocycles. The molecule has 2 fully saturated rings. The van der Waals surface area contributed by atoms with E-state index in [1.54, 1.807) is 6.92 Å². The van der Waals surface area contributed by atoms with Gasteiger partial charge in [-0.05, 0) is 69.6 Å². The highest BCUT2D eigenvalue weighted by Gasteiger charge is 2.58. The molecule has 1 N–H and O–H groups in total. The third-order valence-corrected chi connectivity index (χ3v) is 5.91. The number of hydrogen-bond donors (Lipinski definition) is 1. The van der Waals surface area contributed by atoms with E-state index in [9.17, 15) is 9.59 Å². The summed E-state index contributed by atoms with van der Waals surface area (Å²) in [6.07, 6.45) is 11.2. The Hall–Kier alpha value is -1.76. The average Bonchev–Trinajstić information content (AvgIpc) is 3.30. The molecule has 4 heteroatoms. The molecule has 1 aliphatic heterocycles. The van der Waals surface area contributed by atoms with Crippen molar-refractivity contribution in [3.05, 3.63) is 11.6 Å². The molecule has 1 heterocycles. The number of carbonyl (C=O) groups excluding carboxylic acids is 2. The van der Waals surface area contributed by atoms with Crippen LogP contribution in [0.15, 0.2) is 11.6 Å². The summed E-state index contributed by atoms with van der Waals surface area (Å²) in [5.41, 5.74) is 1.67. The van der Waals surface area contributed by atoms with Gasteiger partial charge in [0, 0.05) is 25.6 Å². The summed E-state index contributed by atoms with van der Waals surface area (Å²) in [7, 11) is 0. The van der Waals surface area contributed by atoms with Crippen molar-refractivity contribution in [1.29, 1.82) is 0 Å². The molecule has 0 aromatic rings. The molecule has 0 bridgehead atoms. The number of amides is 2. The summed E-state index contributed by atoms with van der Waals surface area (Å²) in [5, 5.41) is 3.14. The molecule has 3 rings (SSSR count). The SMILES string of the molecule is CC#CC(=O)N1CCC2(CC1)C[C@@H]2C(=O)NCCC1=CCCCC1. The van der Waals surface area contributed by atoms with E-state index in [-0.39, 0.29) is 23.1 Å². The molecule has 2 aliphatic carbocycles. The predicted molar refractivity (Wildman–Crippen MR) is 94.0 cm³/mol. The second-order valence-electron chi connectivity index (χ2n) is 7.44. The van der Waals surface area contributed by atoms with Crippen LogP contribution in [0.4, 0.5) is 0 Å². The molecule has 1 saturated carbocycles. The van der Waals surface area contributed by atoms with Gasteiger partial charge in [-0.1, -0.05) is 17.6 Å². The Labute approximate surface area is 145 Å². The van der Waals surface area contributed by atoms with E-state index in [0.717, 1.165) is 45.3 Å². The van der Waals surface area contributed by atoms with E-state index >= 15 is 0 Å². The van der Waals surface area contributed by atoms with Crippen LogP contribution in [0.3, 0.4) is 0 Å². The van der Waals surface area contributed by atoms with E-state index in [2.05, 4.69) is 23.2 Å². The minimum Gasteiger partial charge on any atom is -0.356 e. The van der Waals surface area contributed by atoms with Gasteiger partial charge in [0.15, 0.2) is 0 Å². The fraction of sp³-hybridized carbons (Fsp3) is 0.700. The summed E-state index contributed by atoms with van der Waals surface area (Å²) in [6, 6.07) is 0. The molecule has 1 saturated heterocycles. The monoisotopic (exact) mass is 328 g/mol. The van der Waals surface area contributed by atoms with Crippen molar-refractivity contribution in [1.82, 2.24) is 10.2 Å². The maximum absolute atomic E-state index is 12.4. The lowest BCUT2D eigenvalue weighted by Gasteiger charge is -2.31. The molecule has 2 amide bonds. The van der Waals surface area contributed by atoms with Crippen LogP contribution >= 0.6 is 0 Å². The zero-order valence-corrected chi connectivity index (χ0v) is 14.7. The van der Waals surface area contributed by atoms with E-state index in [0.29, 0.717) is 0 Å². The van der Waals surface area contributed by atoms with E-state index in [1.807, 2.05) is 4.90 Å². The van der Waals surface area contributed by atoms with E-state index in [1.165, 1.54) is 31.3 Å². The summed E-state index contributed by atoms with van der Waals surface area (Å²) >= 11 is 0. The number of carbonyl (C=O) groups is 2. The van der Waals surface area contributed by atoms with Gasteiger partial charge in [-0.3, -0.25) is 9.59 Å². The lowest BCUT2D eigenvalue weighted by atomic mass is 9.90. The van der Waals surface area contributed by atoms with Crippen LogP contribution in [0.1, 0.15) is 58.3 Å². The summed E-state index contributed by atoms with van der Waals surface area (Å²) in [6.45, 7) is 3.94. The highest BCUT2D eigenvalue weighted by atomic mass is 16.2. The van der Waals surface area contributed by atoms with Gasteiger partial charge >= 0.3 is 0 Å². The van der Waals surface area contributed by atoms with Gasteiger partial charge in [0.2, 0.25) is 5.91 Å². The first-order chi connectivity index (χ1) is 11.6. The first-order valence-corrected chi connectivity index (χ1v) is 9.32. The maximum Gasteiger partial charge on any atom is 0.298 e. The molecule has 1 spiro atoms. The highest BCUT2D eigenvalue weighted by molar-refractivity contribution is 5.93. The number of hydrogen-bond acceptors (Lipinski definition) is 2. The van der Waals surface area contributed by atoms with Crippen molar-refractivity contribution in [2.75, 3.05) is 19.6 Å². The van der Waals surface area contributed by atoms with Gasteiger partial charge < -0.3 is 10.2 Å². The van der Waals surface area contributed by atoms with Crippen LogP contribution in [0.25, 0.3) is 0 Å². The van der Waals surface area contributed by atoms with Crippen LogP contribution in [0, 0.1) is 23.2 Å². The second kappa shape index (κ2) is 7.42. The Kier molecular flexibility index (Phi) is 5.28. The smallest absolute Gasteiger partial charge is 0.298 e. The van der Waals surface area contributed by atoms with Gasteiger partial charge in [0.25, 0.3) is 5.91 Å². The van der Waals surface area contributed by atoms with Gasteiger partial charge in [0.1, 0.15) is 0 Å². The van der Waals surface area contributed by atoms with Crippen LogP contribution < -0.4 is 5.32 Å². The number of piperidine rings is 1. The second-order valence-corrected chi connectivity index (χ2v) is 7.44. The molecule has 0 aromatic heterocycles. The van der Waals surface area contributed by atoms with Gasteiger partial charge in [-0.25, -0.2) is 0 Å². The van der Waals surface area contributed by atoms with Gasteiger partial charge in [-0.2, -0.15) is 0 Å². The molecule has 0 radical (unpaired) electrons. The molecule has 3 aliphatic rings.